The summed E-state index contributed by atoms with van der Waals surface area (Å²) in [5.74, 6) is 0. The highest BCUT2D eigenvalue weighted by Gasteiger charge is 2.18. The number of rotatable bonds is 4. The van der Waals surface area contributed by atoms with Crippen LogP contribution < -0.4 is 5.32 Å². The lowest BCUT2D eigenvalue weighted by Gasteiger charge is -2.17. The van der Waals surface area contributed by atoms with Crippen molar-refractivity contribution in [3.63, 3.8) is 0 Å². The van der Waals surface area contributed by atoms with Crippen LogP contribution in [-0.2, 0) is 0 Å². The predicted octanol–water partition coefficient (Wildman–Crippen LogP) is 3.54. The van der Waals surface area contributed by atoms with Crippen molar-refractivity contribution in [3.8, 4) is 0 Å². The first-order chi connectivity index (χ1) is 8.22. The Balaban J connectivity index is 2.42. The molecule has 17 heavy (non-hydrogen) atoms. The van der Waals surface area contributed by atoms with Gasteiger partial charge in [-0.25, -0.2) is 0 Å². The molecule has 2 aromatic rings. The third-order valence-electron chi connectivity index (χ3n) is 2.35. The highest BCUT2D eigenvalue weighted by Crippen LogP contribution is 2.30. The van der Waals surface area contributed by atoms with Crippen molar-refractivity contribution in [2.24, 2.45) is 0 Å². The Hall–Kier alpha value is -0.680. The fourth-order valence-electron chi connectivity index (χ4n) is 1.61. The second kappa shape index (κ2) is 5.78. The van der Waals surface area contributed by atoms with Crippen LogP contribution in [0.3, 0.4) is 0 Å². The molecule has 0 radical (unpaired) electrons. The number of halogens is 2. The van der Waals surface area contributed by atoms with Crippen LogP contribution >= 0.6 is 34.7 Å². The van der Waals surface area contributed by atoms with Crippen molar-refractivity contribution in [1.29, 1.82) is 0 Å². The number of aromatic nitrogens is 2. The summed E-state index contributed by atoms with van der Waals surface area (Å²) in [7, 11) is 0. The molecule has 0 amide bonds. The van der Waals surface area contributed by atoms with Crippen molar-refractivity contribution < 1.29 is 0 Å². The van der Waals surface area contributed by atoms with Gasteiger partial charge in [-0.1, -0.05) is 34.6 Å². The van der Waals surface area contributed by atoms with E-state index in [4.69, 9.17) is 23.2 Å². The molecule has 1 aromatic carbocycles. The Labute approximate surface area is 114 Å². The normalized spacial score (nSPS) is 12.6. The van der Waals surface area contributed by atoms with E-state index >= 15 is 0 Å². The summed E-state index contributed by atoms with van der Waals surface area (Å²) < 4.78 is 3.88. The Kier molecular flexibility index (Phi) is 4.34. The fourth-order valence-corrected chi connectivity index (χ4v) is 2.50. The van der Waals surface area contributed by atoms with Crippen molar-refractivity contribution >= 4 is 34.7 Å². The van der Waals surface area contributed by atoms with Gasteiger partial charge in [0.05, 0.1) is 11.7 Å². The molecular weight excluding hydrogens is 277 g/mol. The lowest BCUT2D eigenvalue weighted by atomic mass is 10.0. The van der Waals surface area contributed by atoms with Gasteiger partial charge in [-0.3, -0.25) is 0 Å². The summed E-state index contributed by atoms with van der Waals surface area (Å²) in [6.45, 7) is 2.84. The van der Waals surface area contributed by atoms with Crippen molar-refractivity contribution in [2.75, 3.05) is 6.54 Å². The monoisotopic (exact) mass is 287 g/mol. The van der Waals surface area contributed by atoms with Gasteiger partial charge in [0.1, 0.15) is 0 Å². The Morgan fingerprint density at radius 1 is 1.41 bits per heavy atom. The lowest BCUT2D eigenvalue weighted by molar-refractivity contribution is 0.614. The first-order valence-corrected chi connectivity index (χ1v) is 6.77. The molecule has 0 spiro atoms. The zero-order valence-electron chi connectivity index (χ0n) is 9.15. The van der Waals surface area contributed by atoms with Gasteiger partial charge in [0.25, 0.3) is 0 Å². The average Bonchev–Trinajstić information content (AvgIpc) is 2.83. The number of hydrogen-bond donors (Lipinski definition) is 1. The second-order valence-electron chi connectivity index (χ2n) is 3.49. The van der Waals surface area contributed by atoms with Gasteiger partial charge >= 0.3 is 0 Å². The van der Waals surface area contributed by atoms with Crippen LogP contribution in [0.15, 0.2) is 23.6 Å². The van der Waals surface area contributed by atoms with E-state index in [1.165, 1.54) is 11.5 Å². The Morgan fingerprint density at radius 2 is 2.24 bits per heavy atom. The van der Waals surface area contributed by atoms with Crippen molar-refractivity contribution in [3.05, 3.63) is 44.9 Å². The van der Waals surface area contributed by atoms with E-state index in [0.717, 1.165) is 17.8 Å². The third-order valence-corrected chi connectivity index (χ3v) is 3.45. The number of nitrogens with one attached hydrogen (secondary N) is 1. The van der Waals surface area contributed by atoms with Crippen LogP contribution in [-0.4, -0.2) is 16.1 Å². The van der Waals surface area contributed by atoms with Crippen LogP contribution in [0.2, 0.25) is 10.0 Å². The first-order valence-electron chi connectivity index (χ1n) is 5.17. The molecule has 0 saturated carbocycles. The fraction of sp³-hybridized carbons (Fsp3) is 0.273. The Morgan fingerprint density at radius 3 is 2.88 bits per heavy atom. The largest absolute Gasteiger partial charge is 0.305 e. The van der Waals surface area contributed by atoms with Gasteiger partial charge in [-0.2, -0.15) is 0 Å². The van der Waals surface area contributed by atoms with E-state index < -0.39 is 0 Å². The van der Waals surface area contributed by atoms with Crippen LogP contribution in [0.25, 0.3) is 0 Å². The maximum Gasteiger partial charge on any atom is 0.0970 e. The molecule has 0 aliphatic rings. The van der Waals surface area contributed by atoms with Gasteiger partial charge in [0, 0.05) is 15.4 Å². The highest BCUT2D eigenvalue weighted by atomic mass is 35.5. The van der Waals surface area contributed by atoms with Crippen LogP contribution in [0, 0.1) is 0 Å². The number of hydrogen-bond acceptors (Lipinski definition) is 4. The van der Waals surface area contributed by atoms with Crippen LogP contribution in [0.4, 0.5) is 0 Å². The topological polar surface area (TPSA) is 37.8 Å². The summed E-state index contributed by atoms with van der Waals surface area (Å²) in [6.07, 6.45) is 0. The second-order valence-corrected chi connectivity index (χ2v) is 4.94. The first kappa shape index (κ1) is 12.8. The molecule has 0 saturated heterocycles. The smallest absolute Gasteiger partial charge is 0.0970 e. The van der Waals surface area contributed by atoms with Gasteiger partial charge in [0.2, 0.25) is 0 Å². The van der Waals surface area contributed by atoms with Crippen molar-refractivity contribution in [2.45, 2.75) is 13.0 Å². The van der Waals surface area contributed by atoms with Gasteiger partial charge in [-0.05, 0) is 41.8 Å². The van der Waals surface area contributed by atoms with E-state index in [1.807, 2.05) is 18.4 Å². The van der Waals surface area contributed by atoms with E-state index in [9.17, 15) is 0 Å². The third kappa shape index (κ3) is 2.96. The average molecular weight is 288 g/mol. The number of nitrogens with zero attached hydrogens (tertiary/aromatic N) is 2. The van der Waals surface area contributed by atoms with Crippen molar-refractivity contribution in [1.82, 2.24) is 14.9 Å². The summed E-state index contributed by atoms with van der Waals surface area (Å²) in [5, 5.41) is 10.7. The van der Waals surface area contributed by atoms with Crippen LogP contribution in [0.1, 0.15) is 24.2 Å². The molecule has 0 bridgehead atoms. The summed E-state index contributed by atoms with van der Waals surface area (Å²) in [4.78, 5) is 0. The SMILES string of the molecule is CCNC(c1csnn1)c1cc(Cl)ccc1Cl. The van der Waals surface area contributed by atoms with E-state index in [1.54, 1.807) is 12.1 Å². The Bertz CT molecular complexity index is 487. The molecule has 1 N–H and O–H groups in total. The molecule has 1 aromatic heterocycles. The van der Waals surface area contributed by atoms with Gasteiger partial charge in [0.15, 0.2) is 0 Å². The maximum atomic E-state index is 6.20. The highest BCUT2D eigenvalue weighted by molar-refractivity contribution is 7.03. The summed E-state index contributed by atoms with van der Waals surface area (Å²) in [6, 6.07) is 5.36. The molecule has 0 fully saturated rings. The minimum atomic E-state index is -0.0649. The van der Waals surface area contributed by atoms with E-state index in [-0.39, 0.29) is 6.04 Å². The molecular formula is C11H11Cl2N3S. The molecule has 1 heterocycles. The minimum absolute atomic E-state index is 0.0649. The van der Waals surface area contributed by atoms with Gasteiger partial charge < -0.3 is 5.32 Å². The summed E-state index contributed by atoms with van der Waals surface area (Å²) in [5.41, 5.74) is 1.79. The minimum Gasteiger partial charge on any atom is -0.305 e. The predicted molar refractivity (Wildman–Crippen MR) is 71.9 cm³/mol. The lowest BCUT2D eigenvalue weighted by Crippen LogP contribution is -2.22. The molecule has 0 aliphatic heterocycles. The molecule has 90 valence electrons. The molecule has 1 atom stereocenters. The van der Waals surface area contributed by atoms with Gasteiger partial charge in [-0.15, -0.1) is 5.10 Å². The van der Waals surface area contributed by atoms with E-state index in [2.05, 4.69) is 14.9 Å². The zero-order chi connectivity index (χ0) is 12.3. The number of benzene rings is 1. The van der Waals surface area contributed by atoms with E-state index in [0.29, 0.717) is 10.0 Å². The van der Waals surface area contributed by atoms with Crippen LogP contribution in [0.5, 0.6) is 0 Å². The zero-order valence-corrected chi connectivity index (χ0v) is 11.5. The summed E-state index contributed by atoms with van der Waals surface area (Å²) >= 11 is 13.5. The molecule has 0 aliphatic carbocycles. The standard InChI is InChI=1S/C11H11Cl2N3S/c1-2-14-11(10-6-17-16-15-10)8-5-7(12)3-4-9(8)13/h3-6,11,14H,2H2,1H3. The molecule has 6 heteroatoms. The molecule has 1 unspecified atom stereocenters. The maximum absolute atomic E-state index is 6.20. The molecule has 2 rings (SSSR count). The quantitative estimate of drug-likeness (QED) is 0.935. The molecule has 3 nitrogen and oxygen atoms in total.